The zero-order valence-electron chi connectivity index (χ0n) is 12.8. The summed E-state index contributed by atoms with van der Waals surface area (Å²) >= 11 is 8.27. The van der Waals surface area contributed by atoms with Crippen LogP contribution in [0.5, 0.6) is 0 Å². The van der Waals surface area contributed by atoms with Crippen LogP contribution in [0.1, 0.15) is 26.1 Å². The number of aryl methyl sites for hydroxylation is 1. The number of ether oxygens (including phenoxy) is 1. The minimum absolute atomic E-state index is 0.160. The number of halogens is 2. The largest absolute Gasteiger partial charge is 0.385 e. The summed E-state index contributed by atoms with van der Waals surface area (Å²) in [6.45, 7) is 6.26. The Morgan fingerprint density at radius 3 is 2.81 bits per heavy atom. The van der Waals surface area contributed by atoms with Crippen LogP contribution in [0.3, 0.4) is 0 Å². The Hall–Kier alpha value is -0.330. The number of benzene rings is 1. The zero-order chi connectivity index (χ0) is 15.5. The third-order valence-corrected chi connectivity index (χ3v) is 4.54. The van der Waals surface area contributed by atoms with Gasteiger partial charge in [0.1, 0.15) is 5.82 Å². The van der Waals surface area contributed by atoms with E-state index in [2.05, 4.69) is 59.2 Å². The topological polar surface area (TPSA) is 27.1 Å². The van der Waals surface area contributed by atoms with Crippen LogP contribution in [0, 0.1) is 8.99 Å². The van der Waals surface area contributed by atoms with Gasteiger partial charge in [0.25, 0.3) is 0 Å². The number of rotatable bonds is 7. The van der Waals surface area contributed by atoms with Gasteiger partial charge in [0.15, 0.2) is 0 Å². The highest BCUT2D eigenvalue weighted by atomic mass is 127. The maximum Gasteiger partial charge on any atom is 0.111 e. The molecule has 0 unspecified atom stereocenters. The molecule has 0 saturated carbocycles. The van der Waals surface area contributed by atoms with Crippen molar-refractivity contribution in [1.29, 1.82) is 0 Å². The molecule has 5 heteroatoms. The fraction of sp³-hybridized carbons (Fsp3) is 0.562. The van der Waals surface area contributed by atoms with Crippen molar-refractivity contribution in [1.82, 2.24) is 9.55 Å². The lowest BCUT2D eigenvalue weighted by Crippen LogP contribution is -2.23. The number of imidazole rings is 1. The molecule has 116 valence electrons. The Morgan fingerprint density at radius 1 is 1.38 bits per heavy atom. The van der Waals surface area contributed by atoms with Crippen molar-refractivity contribution in [3.63, 3.8) is 0 Å². The number of hydrogen-bond acceptors (Lipinski definition) is 2. The molecule has 0 aliphatic carbocycles. The molecule has 0 fully saturated rings. The lowest BCUT2D eigenvalue weighted by molar-refractivity contribution is 0.142. The molecule has 0 bridgehead atoms. The van der Waals surface area contributed by atoms with E-state index in [0.717, 1.165) is 37.3 Å². The zero-order valence-corrected chi connectivity index (χ0v) is 15.7. The van der Waals surface area contributed by atoms with Crippen molar-refractivity contribution in [2.45, 2.75) is 33.2 Å². The Kier molecular flexibility index (Phi) is 5.91. The van der Waals surface area contributed by atoms with Gasteiger partial charge in [0.05, 0.1) is 11.0 Å². The van der Waals surface area contributed by atoms with Crippen molar-refractivity contribution >= 4 is 45.2 Å². The van der Waals surface area contributed by atoms with Gasteiger partial charge in [-0.15, -0.1) is 11.6 Å². The molecule has 0 atom stereocenters. The Bertz CT molecular complexity index is 610. The maximum atomic E-state index is 5.95. The van der Waals surface area contributed by atoms with Crippen molar-refractivity contribution < 1.29 is 4.74 Å². The summed E-state index contributed by atoms with van der Waals surface area (Å²) in [5, 5.41) is 0. The molecule has 0 N–H and O–H groups in total. The molecular formula is C16H22ClIN2O. The third-order valence-electron chi connectivity index (χ3n) is 3.68. The summed E-state index contributed by atoms with van der Waals surface area (Å²) in [7, 11) is 1.75. The summed E-state index contributed by atoms with van der Waals surface area (Å²) in [6, 6.07) is 6.42. The first-order chi connectivity index (χ1) is 9.96. The van der Waals surface area contributed by atoms with Crippen molar-refractivity contribution in [3.05, 3.63) is 27.6 Å². The molecule has 2 rings (SSSR count). The monoisotopic (exact) mass is 420 g/mol. The molecule has 0 saturated heterocycles. The van der Waals surface area contributed by atoms with Gasteiger partial charge in [0, 0.05) is 36.1 Å². The SMILES string of the molecule is COCCC(C)(C)Cn1c(CCCl)nc2cc(I)ccc21. The molecule has 0 spiro atoms. The van der Waals surface area contributed by atoms with Gasteiger partial charge in [-0.1, -0.05) is 13.8 Å². The van der Waals surface area contributed by atoms with E-state index >= 15 is 0 Å². The summed E-state index contributed by atoms with van der Waals surface area (Å²) in [4.78, 5) is 4.77. The van der Waals surface area contributed by atoms with Gasteiger partial charge in [0.2, 0.25) is 0 Å². The third kappa shape index (κ3) is 4.33. The second kappa shape index (κ2) is 7.29. The molecule has 1 aromatic heterocycles. The first kappa shape index (κ1) is 17.0. The van der Waals surface area contributed by atoms with E-state index in [-0.39, 0.29) is 5.41 Å². The summed E-state index contributed by atoms with van der Waals surface area (Å²) in [5.41, 5.74) is 2.42. The predicted molar refractivity (Wildman–Crippen MR) is 97.1 cm³/mol. The van der Waals surface area contributed by atoms with Crippen molar-refractivity contribution in [3.8, 4) is 0 Å². The molecule has 2 aromatic rings. The molecule has 1 aromatic carbocycles. The van der Waals surface area contributed by atoms with Crippen molar-refractivity contribution in [2.75, 3.05) is 19.6 Å². The Balaban J connectivity index is 2.38. The average Bonchev–Trinajstić information content (AvgIpc) is 2.73. The number of methoxy groups -OCH3 is 1. The molecule has 0 radical (unpaired) electrons. The maximum absolute atomic E-state index is 5.95. The first-order valence-electron chi connectivity index (χ1n) is 7.16. The lowest BCUT2D eigenvalue weighted by Gasteiger charge is -2.26. The van der Waals surface area contributed by atoms with Gasteiger partial charge in [-0.3, -0.25) is 0 Å². The second-order valence-corrected chi connectivity index (χ2v) is 7.72. The van der Waals surface area contributed by atoms with Crippen LogP contribution in [0.25, 0.3) is 11.0 Å². The van der Waals surface area contributed by atoms with E-state index in [9.17, 15) is 0 Å². The normalized spacial score (nSPS) is 12.2. The van der Waals surface area contributed by atoms with E-state index in [0.29, 0.717) is 5.88 Å². The molecule has 1 heterocycles. The standard InChI is InChI=1S/C16H22ClIN2O/c1-16(2,7-9-21-3)11-20-14-5-4-12(18)10-13(14)19-15(20)6-8-17/h4-5,10H,6-9,11H2,1-3H3. The fourth-order valence-corrected chi connectivity index (χ4v) is 3.13. The minimum atomic E-state index is 0.160. The number of nitrogens with zero attached hydrogens (tertiary/aromatic N) is 2. The average molecular weight is 421 g/mol. The van der Waals surface area contributed by atoms with E-state index in [1.54, 1.807) is 7.11 Å². The molecule has 0 aliphatic rings. The second-order valence-electron chi connectivity index (χ2n) is 6.09. The number of aromatic nitrogens is 2. The number of hydrogen-bond donors (Lipinski definition) is 0. The molecular weight excluding hydrogens is 399 g/mol. The fourth-order valence-electron chi connectivity index (χ4n) is 2.49. The van der Waals surface area contributed by atoms with Crippen LogP contribution >= 0.6 is 34.2 Å². The number of alkyl halides is 1. The van der Waals surface area contributed by atoms with Gasteiger partial charge in [-0.25, -0.2) is 4.98 Å². The van der Waals surface area contributed by atoms with E-state index < -0.39 is 0 Å². The first-order valence-corrected chi connectivity index (χ1v) is 8.78. The minimum Gasteiger partial charge on any atom is -0.385 e. The van der Waals surface area contributed by atoms with Gasteiger partial charge in [-0.2, -0.15) is 0 Å². The van der Waals surface area contributed by atoms with Gasteiger partial charge in [-0.05, 0) is 52.6 Å². The highest BCUT2D eigenvalue weighted by Gasteiger charge is 2.21. The van der Waals surface area contributed by atoms with Gasteiger partial charge < -0.3 is 9.30 Å². The van der Waals surface area contributed by atoms with Crippen LogP contribution in [-0.4, -0.2) is 29.1 Å². The number of fused-ring (bicyclic) bond motifs is 1. The summed E-state index contributed by atoms with van der Waals surface area (Å²) < 4.78 is 8.76. The predicted octanol–water partition coefficient (Wildman–Crippen LogP) is 4.48. The van der Waals surface area contributed by atoms with E-state index in [1.165, 1.54) is 9.09 Å². The van der Waals surface area contributed by atoms with Gasteiger partial charge >= 0.3 is 0 Å². The van der Waals surface area contributed by atoms with Crippen LogP contribution in [0.4, 0.5) is 0 Å². The van der Waals surface area contributed by atoms with Crippen LogP contribution in [0.15, 0.2) is 18.2 Å². The van der Waals surface area contributed by atoms with E-state index in [4.69, 9.17) is 21.3 Å². The summed E-state index contributed by atoms with van der Waals surface area (Å²) in [5.74, 6) is 1.67. The summed E-state index contributed by atoms with van der Waals surface area (Å²) in [6.07, 6.45) is 1.82. The Labute approximate surface area is 145 Å². The highest BCUT2D eigenvalue weighted by molar-refractivity contribution is 14.1. The molecule has 3 nitrogen and oxygen atoms in total. The quantitative estimate of drug-likeness (QED) is 0.488. The van der Waals surface area contributed by atoms with Crippen LogP contribution < -0.4 is 0 Å². The molecule has 0 amide bonds. The Morgan fingerprint density at radius 2 is 2.14 bits per heavy atom. The highest BCUT2D eigenvalue weighted by Crippen LogP contribution is 2.28. The smallest absolute Gasteiger partial charge is 0.111 e. The van der Waals surface area contributed by atoms with Crippen LogP contribution in [-0.2, 0) is 17.7 Å². The van der Waals surface area contributed by atoms with E-state index in [1.807, 2.05) is 0 Å². The van der Waals surface area contributed by atoms with Crippen molar-refractivity contribution in [2.24, 2.45) is 5.41 Å². The van der Waals surface area contributed by atoms with Crippen LogP contribution in [0.2, 0.25) is 0 Å². The molecule has 0 aliphatic heterocycles. The molecule has 21 heavy (non-hydrogen) atoms. The lowest BCUT2D eigenvalue weighted by atomic mass is 9.89.